The number of para-hydroxylation sites is 1. The van der Waals surface area contributed by atoms with Gasteiger partial charge < -0.3 is 41.5 Å². The highest BCUT2D eigenvalue weighted by atomic mass is 16.3. The van der Waals surface area contributed by atoms with Gasteiger partial charge in [-0.25, -0.2) is 34.9 Å². The number of aryl methyl sites for hydroxylation is 5. The number of benzene rings is 7. The monoisotopic (exact) mass is 1450 g/mol. The molecule has 9 N–H and O–H groups in total. The molecule has 0 amide bonds. The van der Waals surface area contributed by atoms with Crippen molar-refractivity contribution in [3.8, 4) is 40.2 Å². The Morgan fingerprint density at radius 1 is 0.309 bits per heavy atom. The van der Waals surface area contributed by atoms with Crippen molar-refractivity contribution in [2.24, 2.45) is 4.99 Å². The van der Waals surface area contributed by atoms with Crippen LogP contribution in [0.25, 0.3) is 131 Å². The van der Waals surface area contributed by atoms with E-state index in [0.717, 1.165) is 139 Å². The number of pyridine rings is 12. The SMILES string of the molecule is CCc1ccc2c(n1)c(O)cc1cccnc12.CCc1ccc2c(n1)c(O)cc1cccnc12.CN=Cc1ccc2c(n1)c(O)cc1cccnc12.Cc1ccc2c(N)ccc(O)c2n1.Cc1ccc2c(n1)c(O)cc1cccnc12.Cc1ccc2cccc(O)c2n1.O=Cc1ccc2c(n1)c(O)cc1cccnc12. The van der Waals surface area contributed by atoms with Gasteiger partial charge in [0.15, 0.2) is 6.29 Å². The maximum atomic E-state index is 10.7. The average Bonchev–Trinajstić information content (AvgIpc) is 0.801. The summed E-state index contributed by atoms with van der Waals surface area (Å²) in [6, 6.07) is 62.5. The lowest BCUT2D eigenvalue weighted by Crippen LogP contribution is -1.90. The first-order chi connectivity index (χ1) is 53.4. The Kier molecular flexibility index (Phi) is 21.8. The van der Waals surface area contributed by atoms with Crippen LogP contribution in [-0.4, -0.2) is 115 Å². The van der Waals surface area contributed by atoms with Gasteiger partial charge in [0, 0.05) is 143 Å². The van der Waals surface area contributed by atoms with Crippen LogP contribution in [0, 0.1) is 20.8 Å². The maximum absolute atomic E-state index is 10.7. The largest absolute Gasteiger partial charge is 0.506 e. The van der Waals surface area contributed by atoms with Gasteiger partial charge in [-0.05, 0) is 191 Å². The molecule has 0 unspecified atom stereocenters. The molecule has 0 aliphatic carbocycles. The predicted molar refractivity (Wildman–Crippen MR) is 437 cm³/mol. The summed E-state index contributed by atoms with van der Waals surface area (Å²) in [4.78, 5) is 66.4. The Balaban J connectivity index is 0.000000113. The van der Waals surface area contributed by atoms with Crippen molar-refractivity contribution >= 4 is 149 Å². The van der Waals surface area contributed by atoms with Crippen LogP contribution in [0.2, 0.25) is 0 Å². The molecule has 22 nitrogen and oxygen atoms in total. The number of nitrogen functional groups attached to an aromatic ring is 1. The van der Waals surface area contributed by atoms with Gasteiger partial charge in [-0.2, -0.15) is 0 Å². The van der Waals surface area contributed by atoms with Gasteiger partial charge in [-0.15, -0.1) is 0 Å². The molecule has 0 fully saturated rings. The van der Waals surface area contributed by atoms with Crippen LogP contribution in [-0.2, 0) is 12.8 Å². The number of hydrogen-bond acceptors (Lipinski definition) is 22. The van der Waals surface area contributed by atoms with Gasteiger partial charge in [-0.1, -0.05) is 62.4 Å². The molecule has 0 aliphatic heterocycles. The van der Waals surface area contributed by atoms with E-state index in [2.05, 4.69) is 64.8 Å². The van der Waals surface area contributed by atoms with Gasteiger partial charge in [0.25, 0.3) is 0 Å². The van der Waals surface area contributed by atoms with Crippen LogP contribution >= 0.6 is 0 Å². The highest BCUT2D eigenvalue weighted by Crippen LogP contribution is 2.36. The van der Waals surface area contributed by atoms with Crippen LogP contribution in [0.15, 0.2) is 242 Å². The van der Waals surface area contributed by atoms with E-state index in [1.807, 2.05) is 174 Å². The third-order valence-corrected chi connectivity index (χ3v) is 17.9. The van der Waals surface area contributed by atoms with E-state index >= 15 is 0 Å². The molecule has 0 saturated heterocycles. The van der Waals surface area contributed by atoms with E-state index in [4.69, 9.17) is 5.73 Å². The van der Waals surface area contributed by atoms with Crippen molar-refractivity contribution in [2.75, 3.05) is 12.8 Å². The maximum Gasteiger partial charge on any atom is 0.168 e. The van der Waals surface area contributed by atoms with Gasteiger partial charge in [-0.3, -0.25) is 34.7 Å². The lowest BCUT2D eigenvalue weighted by molar-refractivity contribution is 0.111. The molecule has 22 heteroatoms. The molecule has 12 heterocycles. The summed E-state index contributed by atoms with van der Waals surface area (Å²) >= 11 is 0. The minimum absolute atomic E-state index is 0.0594. The van der Waals surface area contributed by atoms with Gasteiger partial charge in [0.05, 0.1) is 33.3 Å². The number of aromatic hydroxyl groups is 7. The third kappa shape index (κ3) is 15.9. The van der Waals surface area contributed by atoms with E-state index < -0.39 is 0 Å². The van der Waals surface area contributed by atoms with E-state index in [9.17, 15) is 40.5 Å². The highest BCUT2D eigenvalue weighted by Gasteiger charge is 2.15. The Hall–Kier alpha value is -14.8. The zero-order valence-electron chi connectivity index (χ0n) is 60.5. The minimum atomic E-state index is 0.0594. The first-order valence-electron chi connectivity index (χ1n) is 35.0. The van der Waals surface area contributed by atoms with E-state index in [1.54, 1.807) is 111 Å². The number of aromatic nitrogens is 12. The Bertz CT molecular complexity index is 6620. The summed E-state index contributed by atoms with van der Waals surface area (Å²) in [7, 11) is 1.69. The number of aliphatic imine (C=N–C) groups is 1. The van der Waals surface area contributed by atoms with Crippen LogP contribution < -0.4 is 5.73 Å². The standard InChI is InChI=1S/C14H11N3O.2C14H12N2O.C13H8N2O2.C13H10N2O.C10H10N2O.C10H9NO/c1-15-8-10-4-5-11-13-9(3-2-6-16-13)7-12(18)14(11)17-10;2*1-2-10-5-6-11-13-9(4-3-7-15-13)8-12(17)14(11)16-10;16-7-9-3-4-10-12-8(2-1-5-14-12)6-11(17)13(10)15-9;1-8-4-5-10-12-9(3-2-6-14-12)7-11(16)13(10)15-8;1-6-2-3-7-8(11)4-5-9(13)10(7)12-6;1-7-5-6-8-3-2-4-9(12)10(8)11-7/h2-8,18H,1H3;2*3-8,17H,2H2,1H3;1-7,17H;2-7,16H,1H3;2-5,13H,11H2,1H3;2-6,12H,1H3. The summed E-state index contributed by atoms with van der Waals surface area (Å²) in [6.07, 6.45) is 12.7. The second-order valence-electron chi connectivity index (χ2n) is 25.4. The second kappa shape index (κ2) is 32.7. The second-order valence-corrected chi connectivity index (χ2v) is 25.4. The highest BCUT2D eigenvalue weighted by molar-refractivity contribution is 6.11. The fourth-order valence-electron chi connectivity index (χ4n) is 12.5. The zero-order chi connectivity index (χ0) is 77.1. The molecule has 0 spiro atoms. The summed E-state index contributed by atoms with van der Waals surface area (Å²) < 4.78 is 0. The first-order valence-corrected chi connectivity index (χ1v) is 35.0. The van der Waals surface area contributed by atoms with Crippen LogP contribution in [0.5, 0.6) is 40.2 Å². The van der Waals surface area contributed by atoms with Gasteiger partial charge in [0.2, 0.25) is 0 Å². The molecule has 0 atom stereocenters. The van der Waals surface area contributed by atoms with Gasteiger partial charge >= 0.3 is 0 Å². The first kappa shape index (κ1) is 73.5. The number of rotatable bonds is 4. The third-order valence-electron chi connectivity index (χ3n) is 17.9. The molecule has 7 aromatic carbocycles. The number of fused-ring (bicyclic) bond motifs is 17. The number of carbonyl (C=O) groups excluding carboxylic acids is 1. The molecular weight excluding hydrogens is 1380 g/mol. The molecule has 12 aromatic heterocycles. The number of hydrogen-bond donors (Lipinski definition) is 8. The van der Waals surface area contributed by atoms with Crippen molar-refractivity contribution in [1.29, 1.82) is 0 Å². The summed E-state index contributed by atoms with van der Waals surface area (Å²) in [5, 5.41) is 79.3. The zero-order valence-corrected chi connectivity index (χ0v) is 60.5. The number of aldehydes is 1. The lowest BCUT2D eigenvalue weighted by atomic mass is 10.1. The molecule has 110 heavy (non-hydrogen) atoms. The molecule has 0 saturated carbocycles. The van der Waals surface area contributed by atoms with Crippen molar-refractivity contribution in [3.05, 3.63) is 277 Å². The fraction of sp³-hybridized carbons (Fsp3) is 0.0909. The average molecular weight is 1450 g/mol. The van der Waals surface area contributed by atoms with Crippen molar-refractivity contribution < 1.29 is 40.5 Å². The lowest BCUT2D eigenvalue weighted by Gasteiger charge is -2.06. The number of nitrogens with two attached hydrogens (primary N) is 1. The molecule has 19 aromatic rings. The molecular formula is C88H72N14O8. The summed E-state index contributed by atoms with van der Waals surface area (Å²) in [5.74, 6) is 1.29. The number of anilines is 1. The number of phenolic OH excluding ortho intramolecular Hbond substituents is 7. The minimum Gasteiger partial charge on any atom is -0.506 e. The van der Waals surface area contributed by atoms with Crippen molar-refractivity contribution in [2.45, 2.75) is 47.5 Å². The Morgan fingerprint density at radius 3 is 1.03 bits per heavy atom. The van der Waals surface area contributed by atoms with Crippen LogP contribution in [0.4, 0.5) is 5.69 Å². The van der Waals surface area contributed by atoms with E-state index in [-0.39, 0.29) is 40.2 Å². The Morgan fingerprint density at radius 2 is 0.627 bits per heavy atom. The molecule has 0 bridgehead atoms. The fourth-order valence-corrected chi connectivity index (χ4v) is 12.5. The summed E-state index contributed by atoms with van der Waals surface area (Å²) in [5.41, 5.74) is 20.4. The van der Waals surface area contributed by atoms with E-state index in [0.29, 0.717) is 56.3 Å². The van der Waals surface area contributed by atoms with Gasteiger partial charge in [0.1, 0.15) is 84.6 Å². The Labute approximate surface area is 628 Å². The quantitative estimate of drug-likeness (QED) is 0.0267. The number of carbonyl (C=O) groups is 1. The topological polar surface area (TPSA) is 352 Å². The summed E-state index contributed by atoms with van der Waals surface area (Å²) in [6.45, 7) is 9.78. The smallest absolute Gasteiger partial charge is 0.168 e. The van der Waals surface area contributed by atoms with Crippen LogP contribution in [0.1, 0.15) is 58.5 Å². The number of phenols is 7. The predicted octanol–water partition coefficient (Wildman–Crippen LogP) is 17.8. The van der Waals surface area contributed by atoms with Crippen LogP contribution in [0.3, 0.4) is 0 Å². The van der Waals surface area contributed by atoms with E-state index in [1.165, 1.54) is 0 Å². The molecule has 19 rings (SSSR count). The molecule has 0 aliphatic rings. The van der Waals surface area contributed by atoms with Crippen molar-refractivity contribution in [3.63, 3.8) is 0 Å². The molecule has 0 radical (unpaired) electrons. The normalized spacial score (nSPS) is 11.0. The number of nitrogens with zero attached hydrogens (tertiary/aromatic N) is 13. The van der Waals surface area contributed by atoms with Crippen molar-refractivity contribution in [1.82, 2.24) is 59.8 Å². The molecule has 542 valence electrons.